The lowest BCUT2D eigenvalue weighted by molar-refractivity contribution is 0.225. The van der Waals surface area contributed by atoms with Crippen LogP contribution in [0.1, 0.15) is 37.3 Å². The van der Waals surface area contributed by atoms with Crippen molar-refractivity contribution in [1.82, 2.24) is 0 Å². The largest absolute Gasteiger partial charge is 0.491 e. The first-order valence-corrected chi connectivity index (χ1v) is 7.99. The molecule has 0 saturated carbocycles. The van der Waals surface area contributed by atoms with Gasteiger partial charge in [-0.25, -0.2) is 8.42 Å². The summed E-state index contributed by atoms with van der Waals surface area (Å²) in [6, 6.07) is 5.97. The van der Waals surface area contributed by atoms with Gasteiger partial charge in [0.1, 0.15) is 19.0 Å². The van der Waals surface area contributed by atoms with Crippen molar-refractivity contribution in [2.24, 2.45) is 5.73 Å². The molecule has 0 fully saturated rings. The molecule has 0 amide bonds. The molecule has 6 heteroatoms. The number of nitrogens with two attached hydrogens (primary N) is 1. The van der Waals surface area contributed by atoms with E-state index < -0.39 is 11.0 Å². The van der Waals surface area contributed by atoms with Crippen LogP contribution in [0.3, 0.4) is 0 Å². The van der Waals surface area contributed by atoms with Crippen LogP contribution in [-0.2, 0) is 28.1 Å². The summed E-state index contributed by atoms with van der Waals surface area (Å²) < 4.78 is 30.4. The summed E-state index contributed by atoms with van der Waals surface area (Å²) in [6.45, 7) is 2.78. The average Bonchev–Trinajstić information content (AvgIpc) is 2.44. The zero-order valence-corrected chi connectivity index (χ0v) is 12.7. The van der Waals surface area contributed by atoms with Crippen LogP contribution < -0.4 is 10.5 Å². The van der Waals surface area contributed by atoms with E-state index in [0.717, 1.165) is 12.0 Å². The third-order valence-corrected chi connectivity index (χ3v) is 3.34. The normalized spacial score (nSPS) is 10.9. The number of hydrogen-bond donors (Lipinski definition) is 2. The van der Waals surface area contributed by atoms with Gasteiger partial charge < -0.3 is 10.5 Å². The summed E-state index contributed by atoms with van der Waals surface area (Å²) >= 11 is 0. The van der Waals surface area contributed by atoms with E-state index in [0.29, 0.717) is 12.3 Å². The molecule has 1 aromatic rings. The summed E-state index contributed by atoms with van der Waals surface area (Å²) in [7, 11) is -2.81. The Hall–Kier alpha value is -1.11. The smallest absolute Gasteiger partial charge is 0.257 e. The Morgan fingerprint density at radius 2 is 2.00 bits per heavy atom. The maximum Gasteiger partial charge on any atom is 0.257 e. The number of unbranched alkanes of at least 4 members (excludes halogenated alkanes) is 2. The molecule has 0 saturated heterocycles. The van der Waals surface area contributed by atoms with E-state index in [1.54, 1.807) is 0 Å². The Kier molecular flexibility index (Phi) is 8.25. The van der Waals surface area contributed by atoms with Crippen molar-refractivity contribution in [3.05, 3.63) is 29.3 Å². The molecule has 5 nitrogen and oxygen atoms in total. The minimum Gasteiger partial charge on any atom is -0.491 e. The third kappa shape index (κ3) is 6.36. The van der Waals surface area contributed by atoms with E-state index in [4.69, 9.17) is 10.5 Å². The van der Waals surface area contributed by atoms with E-state index in [9.17, 15) is 8.42 Å². The van der Waals surface area contributed by atoms with E-state index in [1.807, 2.05) is 12.1 Å². The van der Waals surface area contributed by atoms with Gasteiger partial charge in [0.05, 0.1) is 0 Å². The molecule has 0 aliphatic heterocycles. The zero-order valence-electron chi connectivity index (χ0n) is 11.8. The van der Waals surface area contributed by atoms with Crippen LogP contribution in [0.25, 0.3) is 0 Å². The summed E-state index contributed by atoms with van der Waals surface area (Å²) in [5, 5.41) is 0. The second-order valence-corrected chi connectivity index (χ2v) is 5.21. The molecule has 0 spiro atoms. The number of aryl methyl sites for hydroxylation is 1. The minimum absolute atomic E-state index is 0.0148. The van der Waals surface area contributed by atoms with Crippen molar-refractivity contribution < 1.29 is 17.3 Å². The molecule has 0 unspecified atom stereocenters. The number of ether oxygens (including phenoxy) is 1. The second-order valence-electron chi connectivity index (χ2n) is 4.51. The third-order valence-electron chi connectivity index (χ3n) is 2.95. The number of hydrogen-bond acceptors (Lipinski definition) is 5. The van der Waals surface area contributed by atoms with Gasteiger partial charge in [-0.3, -0.25) is 4.18 Å². The van der Waals surface area contributed by atoms with Crippen molar-refractivity contribution >= 4 is 11.0 Å². The van der Waals surface area contributed by atoms with Gasteiger partial charge in [-0.2, -0.15) is 0 Å². The molecule has 0 bridgehead atoms. The SMILES string of the molecule is CCCCCc1ccc(OCCO[SH](=O)=O)c(CN)c1. The lowest BCUT2D eigenvalue weighted by Gasteiger charge is -2.11. The van der Waals surface area contributed by atoms with Crippen molar-refractivity contribution in [1.29, 1.82) is 0 Å². The maximum atomic E-state index is 10.2. The Labute approximate surface area is 122 Å². The van der Waals surface area contributed by atoms with Gasteiger partial charge in [-0.05, 0) is 24.5 Å². The molecule has 2 N–H and O–H groups in total. The average molecular weight is 301 g/mol. The van der Waals surface area contributed by atoms with Crippen molar-refractivity contribution in [3.63, 3.8) is 0 Å². The van der Waals surface area contributed by atoms with Gasteiger partial charge in [0.2, 0.25) is 0 Å². The Balaban J connectivity index is 2.53. The van der Waals surface area contributed by atoms with Crippen molar-refractivity contribution in [2.45, 2.75) is 39.2 Å². The summed E-state index contributed by atoms with van der Waals surface area (Å²) in [5.74, 6) is 0.691. The Morgan fingerprint density at radius 3 is 2.65 bits per heavy atom. The number of benzene rings is 1. The molecule has 20 heavy (non-hydrogen) atoms. The molecule has 0 atom stereocenters. The first-order chi connectivity index (χ1) is 9.67. The topological polar surface area (TPSA) is 78.6 Å². The van der Waals surface area contributed by atoms with Crippen LogP contribution >= 0.6 is 0 Å². The monoisotopic (exact) mass is 301 g/mol. The van der Waals surface area contributed by atoms with Gasteiger partial charge in [0.25, 0.3) is 11.0 Å². The minimum atomic E-state index is -2.81. The fraction of sp³-hybridized carbons (Fsp3) is 0.571. The van der Waals surface area contributed by atoms with E-state index >= 15 is 0 Å². The molecule has 1 rings (SSSR count). The molecular formula is C14H23NO4S. The van der Waals surface area contributed by atoms with Crippen molar-refractivity contribution in [2.75, 3.05) is 13.2 Å². The predicted molar refractivity (Wildman–Crippen MR) is 79.3 cm³/mol. The Morgan fingerprint density at radius 1 is 1.20 bits per heavy atom. The van der Waals surface area contributed by atoms with Crippen LogP contribution in [0, 0.1) is 0 Å². The molecule has 0 aromatic heterocycles. The summed E-state index contributed by atoms with van der Waals surface area (Å²) in [4.78, 5) is 0. The molecular weight excluding hydrogens is 278 g/mol. The van der Waals surface area contributed by atoms with E-state index in [2.05, 4.69) is 17.2 Å². The maximum absolute atomic E-state index is 10.2. The highest BCUT2D eigenvalue weighted by Gasteiger charge is 2.04. The van der Waals surface area contributed by atoms with Gasteiger partial charge >= 0.3 is 0 Å². The molecule has 0 heterocycles. The first kappa shape index (κ1) is 16.9. The van der Waals surface area contributed by atoms with Crippen LogP contribution in [-0.4, -0.2) is 21.6 Å². The van der Waals surface area contributed by atoms with Gasteiger partial charge in [-0.1, -0.05) is 31.9 Å². The van der Waals surface area contributed by atoms with Crippen LogP contribution in [0.4, 0.5) is 0 Å². The molecule has 114 valence electrons. The summed E-state index contributed by atoms with van der Waals surface area (Å²) in [6.07, 6.45) is 4.64. The van der Waals surface area contributed by atoms with Crippen LogP contribution in [0.2, 0.25) is 0 Å². The van der Waals surface area contributed by atoms with E-state index in [-0.39, 0.29) is 13.2 Å². The van der Waals surface area contributed by atoms with E-state index in [1.165, 1.54) is 24.8 Å². The summed E-state index contributed by atoms with van der Waals surface area (Å²) in [5.41, 5.74) is 7.91. The first-order valence-electron chi connectivity index (χ1n) is 6.89. The highest BCUT2D eigenvalue weighted by Crippen LogP contribution is 2.21. The van der Waals surface area contributed by atoms with Gasteiger partial charge in [0, 0.05) is 12.1 Å². The second kappa shape index (κ2) is 9.74. The highest BCUT2D eigenvalue weighted by molar-refractivity contribution is 7.67. The fourth-order valence-electron chi connectivity index (χ4n) is 1.93. The number of thiol groups is 1. The molecule has 1 aromatic carbocycles. The van der Waals surface area contributed by atoms with Crippen LogP contribution in [0.5, 0.6) is 5.75 Å². The van der Waals surface area contributed by atoms with Crippen molar-refractivity contribution in [3.8, 4) is 5.75 Å². The quantitative estimate of drug-likeness (QED) is 0.509. The lowest BCUT2D eigenvalue weighted by atomic mass is 10.0. The molecule has 0 aliphatic carbocycles. The van der Waals surface area contributed by atoms with Gasteiger partial charge in [-0.15, -0.1) is 0 Å². The van der Waals surface area contributed by atoms with Gasteiger partial charge in [0.15, 0.2) is 0 Å². The van der Waals surface area contributed by atoms with Crippen LogP contribution in [0.15, 0.2) is 18.2 Å². The predicted octanol–water partition coefficient (Wildman–Crippen LogP) is 1.80. The standard InChI is InChI=1S/C14H23NO4S/c1-2-3-4-5-12-6-7-14(13(10-12)11-15)18-8-9-19-20(16)17/h6-7,10,20H,2-5,8-9,11,15H2,1H3. The Bertz CT molecular complexity index is 466. The fourth-order valence-corrected chi connectivity index (χ4v) is 2.15. The molecule has 0 radical (unpaired) electrons. The highest BCUT2D eigenvalue weighted by atomic mass is 32.2. The zero-order chi connectivity index (χ0) is 14.8. The molecule has 0 aliphatic rings. The lowest BCUT2D eigenvalue weighted by Crippen LogP contribution is -2.09. The number of rotatable bonds is 10.